The van der Waals surface area contributed by atoms with Crippen LogP contribution in [0.1, 0.15) is 0 Å². The van der Waals surface area contributed by atoms with E-state index >= 15 is 0 Å². The van der Waals surface area contributed by atoms with Crippen molar-refractivity contribution in [2.24, 2.45) is 0 Å². The van der Waals surface area contributed by atoms with Gasteiger partial charge < -0.3 is 5.73 Å². The molecule has 0 saturated carbocycles. The van der Waals surface area contributed by atoms with Crippen LogP contribution in [0.5, 0.6) is 0 Å². The van der Waals surface area contributed by atoms with Crippen molar-refractivity contribution in [3.63, 3.8) is 0 Å². The van der Waals surface area contributed by atoms with Gasteiger partial charge in [0.1, 0.15) is 0 Å². The van der Waals surface area contributed by atoms with E-state index in [-0.39, 0.29) is 11.6 Å². The molecule has 0 radical (unpaired) electrons. The lowest BCUT2D eigenvalue weighted by Crippen LogP contribution is -2.06. The Morgan fingerprint density at radius 2 is 2.07 bits per heavy atom. The summed E-state index contributed by atoms with van der Waals surface area (Å²) in [5, 5.41) is 3.85. The van der Waals surface area contributed by atoms with Gasteiger partial charge in [0, 0.05) is 12.3 Å². The Labute approximate surface area is 97.2 Å². The number of pyridine rings is 1. The average Bonchev–Trinajstić information content (AvgIpc) is 2.58. The molecule has 0 fully saturated rings. The van der Waals surface area contributed by atoms with Gasteiger partial charge in [0.05, 0.1) is 9.77 Å². The Kier molecular flexibility index (Phi) is 2.55. The molecule has 2 rings (SSSR count). The Hall–Kier alpha value is -1.25. The number of nitrogen functional groups attached to an aromatic ring is 1. The summed E-state index contributed by atoms with van der Waals surface area (Å²) in [5.74, 6) is -2.15. The first kappa shape index (κ1) is 10.3. The van der Waals surface area contributed by atoms with Crippen LogP contribution in [-0.2, 0) is 0 Å². The first-order valence-corrected chi connectivity index (χ1v) is 4.98. The summed E-state index contributed by atoms with van der Waals surface area (Å²) < 4.78 is 28.1. The van der Waals surface area contributed by atoms with Crippen LogP contribution < -0.4 is 5.73 Å². The molecule has 0 aromatic carbocycles. The molecule has 0 aliphatic heterocycles. The molecule has 4 nitrogen and oxygen atoms in total. The predicted molar refractivity (Wildman–Crippen MR) is 58.4 cm³/mol. The number of aromatic nitrogens is 3. The van der Waals surface area contributed by atoms with Crippen LogP contribution in [0.3, 0.4) is 0 Å². The van der Waals surface area contributed by atoms with Crippen molar-refractivity contribution in [3.8, 4) is 5.82 Å². The Morgan fingerprint density at radius 3 is 2.67 bits per heavy atom. The number of anilines is 1. The van der Waals surface area contributed by atoms with Gasteiger partial charge in [0.25, 0.3) is 0 Å². The van der Waals surface area contributed by atoms with Crippen LogP contribution in [0.4, 0.5) is 14.6 Å². The summed E-state index contributed by atoms with van der Waals surface area (Å²) in [6.45, 7) is 0. The number of nitrogens with zero attached hydrogens (tertiary/aromatic N) is 3. The molecule has 0 unspecified atom stereocenters. The fraction of sp³-hybridized carbons (Fsp3) is 0. The van der Waals surface area contributed by atoms with Gasteiger partial charge in [-0.1, -0.05) is 0 Å². The second-order valence-electron chi connectivity index (χ2n) is 2.76. The van der Waals surface area contributed by atoms with Crippen molar-refractivity contribution in [1.82, 2.24) is 14.8 Å². The summed E-state index contributed by atoms with van der Waals surface area (Å²) in [6.07, 6.45) is 3.09. The molecular formula is C8H5F2IN4. The first-order chi connectivity index (χ1) is 7.08. The zero-order chi connectivity index (χ0) is 11.0. The summed E-state index contributed by atoms with van der Waals surface area (Å²) >= 11 is 2.02. The van der Waals surface area contributed by atoms with E-state index in [1.165, 1.54) is 10.9 Å². The quantitative estimate of drug-likeness (QED) is 0.814. The predicted octanol–water partition coefficient (Wildman–Crippen LogP) is 1.73. The maximum Gasteiger partial charge on any atom is 0.191 e. The van der Waals surface area contributed by atoms with Crippen molar-refractivity contribution < 1.29 is 8.78 Å². The monoisotopic (exact) mass is 322 g/mol. The van der Waals surface area contributed by atoms with Gasteiger partial charge in [-0.15, -0.1) is 0 Å². The van der Waals surface area contributed by atoms with Crippen LogP contribution in [-0.4, -0.2) is 14.8 Å². The summed E-state index contributed by atoms with van der Waals surface area (Å²) in [7, 11) is 0. The van der Waals surface area contributed by atoms with Crippen molar-refractivity contribution in [2.45, 2.75) is 0 Å². The molecule has 78 valence electrons. The van der Waals surface area contributed by atoms with E-state index in [1.807, 2.05) is 22.6 Å². The van der Waals surface area contributed by atoms with Gasteiger partial charge in [-0.25, -0.2) is 18.4 Å². The van der Waals surface area contributed by atoms with Gasteiger partial charge in [-0.2, -0.15) is 5.10 Å². The average molecular weight is 322 g/mol. The highest BCUT2D eigenvalue weighted by Gasteiger charge is 2.12. The van der Waals surface area contributed by atoms with E-state index in [0.717, 1.165) is 3.57 Å². The minimum absolute atomic E-state index is 0.114. The van der Waals surface area contributed by atoms with Crippen molar-refractivity contribution in [1.29, 1.82) is 0 Å². The Balaban J connectivity index is 2.58. The van der Waals surface area contributed by atoms with Crippen LogP contribution in [0, 0.1) is 15.2 Å². The highest BCUT2D eigenvalue weighted by Crippen LogP contribution is 2.16. The third-order valence-electron chi connectivity index (χ3n) is 1.71. The summed E-state index contributed by atoms with van der Waals surface area (Å²) in [4.78, 5) is 3.58. The molecule has 2 aromatic rings. The van der Waals surface area contributed by atoms with Crippen LogP contribution >= 0.6 is 22.6 Å². The molecule has 0 atom stereocenters. The number of halogens is 3. The molecular weight excluding hydrogens is 317 g/mol. The fourth-order valence-electron chi connectivity index (χ4n) is 1.05. The maximum absolute atomic E-state index is 13.3. The minimum atomic E-state index is -0.877. The molecule has 2 aromatic heterocycles. The zero-order valence-electron chi connectivity index (χ0n) is 7.28. The van der Waals surface area contributed by atoms with E-state index in [1.54, 1.807) is 6.20 Å². The Morgan fingerprint density at radius 1 is 1.33 bits per heavy atom. The third kappa shape index (κ3) is 1.91. The molecule has 0 aliphatic carbocycles. The van der Waals surface area contributed by atoms with Crippen molar-refractivity contribution >= 4 is 28.4 Å². The van der Waals surface area contributed by atoms with E-state index in [9.17, 15) is 8.78 Å². The highest BCUT2D eigenvalue weighted by molar-refractivity contribution is 14.1. The highest BCUT2D eigenvalue weighted by atomic mass is 127. The molecule has 2 heterocycles. The van der Waals surface area contributed by atoms with Crippen LogP contribution in [0.2, 0.25) is 0 Å². The molecule has 0 amide bonds. The molecule has 2 N–H and O–H groups in total. The lowest BCUT2D eigenvalue weighted by Gasteiger charge is -2.03. The van der Waals surface area contributed by atoms with Gasteiger partial charge in [0.2, 0.25) is 0 Å². The minimum Gasteiger partial charge on any atom is -0.381 e. The third-order valence-corrected chi connectivity index (χ3v) is 2.26. The standard InChI is InChI=1S/C8H5F2IN4/c9-5-1-6(10)8(14-7(5)12)15-3-4(11)2-13-15/h1-3H,(H2,12,14). The summed E-state index contributed by atoms with van der Waals surface area (Å²) in [5.41, 5.74) is 5.24. The molecule has 7 heteroatoms. The van der Waals surface area contributed by atoms with Crippen molar-refractivity contribution in [3.05, 3.63) is 33.7 Å². The molecule has 0 bridgehead atoms. The second-order valence-corrected chi connectivity index (χ2v) is 4.01. The van der Waals surface area contributed by atoms with E-state index in [4.69, 9.17) is 5.73 Å². The van der Waals surface area contributed by atoms with Gasteiger partial charge >= 0.3 is 0 Å². The SMILES string of the molecule is Nc1nc(-n2cc(I)cn2)c(F)cc1F. The number of nitrogens with two attached hydrogens (primary N) is 1. The summed E-state index contributed by atoms with van der Waals surface area (Å²) in [6, 6.07) is 0.687. The van der Waals surface area contributed by atoms with Crippen LogP contribution in [0.25, 0.3) is 5.82 Å². The number of hydrogen-bond acceptors (Lipinski definition) is 3. The molecule has 0 aliphatic rings. The van der Waals surface area contributed by atoms with Gasteiger partial charge in [-0.05, 0) is 22.6 Å². The second kappa shape index (κ2) is 3.72. The van der Waals surface area contributed by atoms with E-state index in [0.29, 0.717) is 6.07 Å². The lowest BCUT2D eigenvalue weighted by molar-refractivity contribution is 0.564. The number of hydrogen-bond donors (Lipinski definition) is 1. The fourth-order valence-corrected chi connectivity index (χ4v) is 1.44. The zero-order valence-corrected chi connectivity index (χ0v) is 9.44. The normalized spacial score (nSPS) is 10.6. The lowest BCUT2D eigenvalue weighted by atomic mass is 10.4. The van der Waals surface area contributed by atoms with E-state index < -0.39 is 11.6 Å². The maximum atomic E-state index is 13.3. The number of rotatable bonds is 1. The van der Waals surface area contributed by atoms with Crippen LogP contribution in [0.15, 0.2) is 18.5 Å². The first-order valence-electron chi connectivity index (χ1n) is 3.90. The smallest absolute Gasteiger partial charge is 0.191 e. The van der Waals surface area contributed by atoms with Gasteiger partial charge in [0.15, 0.2) is 23.3 Å². The van der Waals surface area contributed by atoms with E-state index in [2.05, 4.69) is 10.1 Å². The largest absolute Gasteiger partial charge is 0.381 e. The molecule has 0 spiro atoms. The van der Waals surface area contributed by atoms with Gasteiger partial charge in [-0.3, -0.25) is 0 Å². The topological polar surface area (TPSA) is 56.7 Å². The molecule has 0 saturated heterocycles. The van der Waals surface area contributed by atoms with Crippen molar-refractivity contribution in [2.75, 3.05) is 5.73 Å². The molecule has 15 heavy (non-hydrogen) atoms. The Bertz CT molecular complexity index is 511.